The van der Waals surface area contributed by atoms with Crippen molar-refractivity contribution in [3.63, 3.8) is 0 Å². The summed E-state index contributed by atoms with van der Waals surface area (Å²) in [5.74, 6) is -1.28. The molecule has 8 nitrogen and oxygen atoms in total. The fraction of sp³-hybridized carbons (Fsp3) is 0.846. The van der Waals surface area contributed by atoms with Crippen LogP contribution in [0.5, 0.6) is 0 Å². The first-order valence-electron chi connectivity index (χ1n) is 7.04. The minimum atomic E-state index is -3.57. The molecule has 0 bridgehead atoms. The molecule has 0 aromatic heterocycles. The smallest absolute Gasteiger partial charge is 0.408 e. The summed E-state index contributed by atoms with van der Waals surface area (Å²) in [6.07, 6.45) is -0.883. The molecule has 1 heterocycles. The lowest BCUT2D eigenvalue weighted by Gasteiger charge is -2.28. The highest BCUT2D eigenvalue weighted by molar-refractivity contribution is 7.89. The summed E-state index contributed by atoms with van der Waals surface area (Å²) >= 11 is 0. The van der Waals surface area contributed by atoms with Crippen molar-refractivity contribution in [1.82, 2.24) is 9.62 Å². The quantitative estimate of drug-likeness (QED) is 0.784. The molecule has 1 unspecified atom stereocenters. The normalized spacial score (nSPS) is 23.5. The van der Waals surface area contributed by atoms with Crippen LogP contribution in [-0.4, -0.2) is 59.4 Å². The van der Waals surface area contributed by atoms with Crippen LogP contribution in [0, 0.1) is 0 Å². The number of alkyl carbamates (subject to hydrolysis) is 1. The zero-order valence-corrected chi connectivity index (χ0v) is 14.4. The molecule has 22 heavy (non-hydrogen) atoms. The second-order valence-corrected chi connectivity index (χ2v) is 9.18. The minimum absolute atomic E-state index is 0.00642. The van der Waals surface area contributed by atoms with E-state index in [1.54, 1.807) is 20.8 Å². The van der Waals surface area contributed by atoms with E-state index in [0.717, 1.165) is 4.31 Å². The molecule has 2 N–H and O–H groups in total. The van der Waals surface area contributed by atoms with Gasteiger partial charge in [-0.2, -0.15) is 4.31 Å². The number of carbonyl (C=O) groups excluding carboxylic acids is 1. The molecule has 1 fully saturated rings. The predicted molar refractivity (Wildman–Crippen MR) is 80.0 cm³/mol. The van der Waals surface area contributed by atoms with Crippen LogP contribution in [0.25, 0.3) is 0 Å². The molecule has 1 aliphatic heterocycles. The number of sulfonamides is 1. The zero-order chi connectivity index (χ0) is 17.3. The van der Waals surface area contributed by atoms with E-state index in [1.807, 2.05) is 0 Å². The molecule has 9 heteroatoms. The summed E-state index contributed by atoms with van der Waals surface area (Å²) in [6, 6.07) is 0. The molecule has 1 atom stereocenters. The van der Waals surface area contributed by atoms with Gasteiger partial charge in [0.05, 0.1) is 5.25 Å². The summed E-state index contributed by atoms with van der Waals surface area (Å²) in [4.78, 5) is 23.4. The summed E-state index contributed by atoms with van der Waals surface area (Å²) in [6.45, 7) is 7.76. The average Bonchev–Trinajstić information content (AvgIpc) is 2.72. The Labute approximate surface area is 130 Å². The Kier molecular flexibility index (Phi) is 5.13. The van der Waals surface area contributed by atoms with Crippen LogP contribution in [0.1, 0.15) is 41.0 Å². The third kappa shape index (κ3) is 4.10. The van der Waals surface area contributed by atoms with E-state index in [0.29, 0.717) is 0 Å². The lowest BCUT2D eigenvalue weighted by Crippen LogP contribution is -2.57. The highest BCUT2D eigenvalue weighted by atomic mass is 32.2. The van der Waals surface area contributed by atoms with Gasteiger partial charge in [0.25, 0.3) is 0 Å². The molecule has 0 aromatic carbocycles. The highest BCUT2D eigenvalue weighted by Crippen LogP contribution is 2.26. The van der Waals surface area contributed by atoms with E-state index < -0.39 is 38.5 Å². The number of nitrogens with zero attached hydrogens (tertiary/aromatic N) is 1. The second-order valence-electron chi connectivity index (χ2n) is 6.69. The van der Waals surface area contributed by atoms with Crippen molar-refractivity contribution in [1.29, 1.82) is 0 Å². The Morgan fingerprint density at radius 2 is 1.86 bits per heavy atom. The van der Waals surface area contributed by atoms with Crippen molar-refractivity contribution >= 4 is 22.1 Å². The Hall–Kier alpha value is -1.35. The van der Waals surface area contributed by atoms with Crippen molar-refractivity contribution < 1.29 is 27.9 Å². The van der Waals surface area contributed by atoms with E-state index in [9.17, 15) is 23.1 Å². The first-order chi connectivity index (χ1) is 9.80. The molecule has 0 aromatic rings. The Morgan fingerprint density at radius 3 is 2.27 bits per heavy atom. The van der Waals surface area contributed by atoms with Crippen molar-refractivity contribution in [2.45, 2.75) is 57.4 Å². The van der Waals surface area contributed by atoms with E-state index in [-0.39, 0.29) is 19.5 Å². The van der Waals surface area contributed by atoms with Gasteiger partial charge in [-0.15, -0.1) is 0 Å². The van der Waals surface area contributed by atoms with Crippen LogP contribution in [0.2, 0.25) is 0 Å². The number of nitrogens with one attached hydrogen (secondary N) is 1. The number of carbonyl (C=O) groups is 2. The van der Waals surface area contributed by atoms with Gasteiger partial charge < -0.3 is 15.2 Å². The van der Waals surface area contributed by atoms with Gasteiger partial charge in [0.15, 0.2) is 5.54 Å². The molecular weight excluding hydrogens is 312 g/mol. The molecule has 1 saturated heterocycles. The fourth-order valence-corrected chi connectivity index (χ4v) is 3.46. The van der Waals surface area contributed by atoms with Gasteiger partial charge in [0.2, 0.25) is 10.0 Å². The maximum absolute atomic E-state index is 12.1. The van der Waals surface area contributed by atoms with Crippen LogP contribution in [0.4, 0.5) is 4.79 Å². The second kappa shape index (κ2) is 6.04. The van der Waals surface area contributed by atoms with Crippen molar-refractivity contribution in [2.24, 2.45) is 0 Å². The molecule has 128 valence electrons. The maximum Gasteiger partial charge on any atom is 0.408 e. The monoisotopic (exact) mass is 336 g/mol. The standard InChI is InChI=1S/C13H24N2O6S/c1-9(2)22(19,20)15-7-6-13(8-15,10(16)17)14-11(18)21-12(3,4)5/h9H,6-8H2,1-5H3,(H,14,18)(H,16,17). The molecule has 0 aliphatic carbocycles. The Balaban J connectivity index is 2.93. The van der Waals surface area contributed by atoms with Gasteiger partial charge in [0, 0.05) is 13.1 Å². The average molecular weight is 336 g/mol. The van der Waals surface area contributed by atoms with Gasteiger partial charge in [-0.3, -0.25) is 0 Å². The van der Waals surface area contributed by atoms with Gasteiger partial charge in [-0.05, 0) is 41.0 Å². The van der Waals surface area contributed by atoms with Crippen molar-refractivity contribution in [3.8, 4) is 0 Å². The van der Waals surface area contributed by atoms with Gasteiger partial charge in [0.1, 0.15) is 5.60 Å². The molecule has 0 spiro atoms. The number of hydrogen-bond donors (Lipinski definition) is 2. The topological polar surface area (TPSA) is 113 Å². The zero-order valence-electron chi connectivity index (χ0n) is 13.5. The fourth-order valence-electron chi connectivity index (χ4n) is 2.12. The lowest BCUT2D eigenvalue weighted by atomic mass is 9.99. The summed E-state index contributed by atoms with van der Waals surface area (Å²) in [7, 11) is -3.57. The summed E-state index contributed by atoms with van der Waals surface area (Å²) < 4.78 is 30.5. The number of ether oxygens (including phenoxy) is 1. The minimum Gasteiger partial charge on any atom is -0.479 e. The van der Waals surface area contributed by atoms with E-state index >= 15 is 0 Å². The van der Waals surface area contributed by atoms with Crippen LogP contribution in [0.15, 0.2) is 0 Å². The Morgan fingerprint density at radius 1 is 1.32 bits per heavy atom. The number of carboxylic acids is 1. The van der Waals surface area contributed by atoms with Crippen molar-refractivity contribution in [3.05, 3.63) is 0 Å². The largest absolute Gasteiger partial charge is 0.479 e. The molecule has 1 amide bonds. The number of carboxylic acid groups (broad SMARTS) is 1. The SMILES string of the molecule is CC(C)S(=O)(=O)N1CCC(NC(=O)OC(C)(C)C)(C(=O)O)C1. The van der Waals surface area contributed by atoms with Crippen LogP contribution in [0.3, 0.4) is 0 Å². The maximum atomic E-state index is 12.1. The third-order valence-corrected chi connectivity index (χ3v) is 5.56. The third-order valence-electron chi connectivity index (χ3n) is 3.34. The number of rotatable bonds is 4. The molecule has 0 radical (unpaired) electrons. The first-order valence-corrected chi connectivity index (χ1v) is 8.54. The molecule has 1 rings (SSSR count). The molecule has 0 saturated carbocycles. The summed E-state index contributed by atoms with van der Waals surface area (Å²) in [5.41, 5.74) is -2.43. The highest BCUT2D eigenvalue weighted by Gasteiger charge is 2.50. The van der Waals surface area contributed by atoms with Crippen LogP contribution in [-0.2, 0) is 19.6 Å². The van der Waals surface area contributed by atoms with E-state index in [2.05, 4.69) is 5.32 Å². The van der Waals surface area contributed by atoms with Gasteiger partial charge in [-0.25, -0.2) is 18.0 Å². The Bertz CT molecular complexity index is 551. The van der Waals surface area contributed by atoms with Gasteiger partial charge >= 0.3 is 12.1 Å². The molecular formula is C13H24N2O6S. The van der Waals surface area contributed by atoms with Crippen molar-refractivity contribution in [2.75, 3.05) is 13.1 Å². The number of aliphatic carboxylic acids is 1. The first kappa shape index (κ1) is 18.7. The van der Waals surface area contributed by atoms with E-state index in [4.69, 9.17) is 4.74 Å². The summed E-state index contributed by atoms with van der Waals surface area (Å²) in [5, 5.41) is 11.1. The van der Waals surface area contributed by atoms with Crippen LogP contribution < -0.4 is 5.32 Å². The van der Waals surface area contributed by atoms with Gasteiger partial charge in [-0.1, -0.05) is 0 Å². The van der Waals surface area contributed by atoms with E-state index in [1.165, 1.54) is 13.8 Å². The molecule has 1 aliphatic rings. The number of hydrogen-bond acceptors (Lipinski definition) is 5. The van der Waals surface area contributed by atoms with Crippen LogP contribution >= 0.6 is 0 Å². The lowest BCUT2D eigenvalue weighted by molar-refractivity contribution is -0.144. The number of amides is 1. The predicted octanol–water partition coefficient (Wildman–Crippen LogP) is 0.778.